The highest BCUT2D eigenvalue weighted by atomic mass is 16.1. The van der Waals surface area contributed by atoms with Gasteiger partial charge in [-0.25, -0.2) is 0 Å². The number of rotatable bonds is 7. The van der Waals surface area contributed by atoms with Gasteiger partial charge in [-0.1, -0.05) is 6.08 Å². The summed E-state index contributed by atoms with van der Waals surface area (Å²) in [5, 5.41) is 3.35. The van der Waals surface area contributed by atoms with Crippen LogP contribution in [0.1, 0.15) is 44.9 Å². The number of piperidine rings is 1. The SMILES string of the molecule is C=CCCCC(=O)CCC1CCNCC1. The summed E-state index contributed by atoms with van der Waals surface area (Å²) in [7, 11) is 0. The monoisotopic (exact) mass is 209 g/mol. The minimum Gasteiger partial charge on any atom is -0.317 e. The van der Waals surface area contributed by atoms with Gasteiger partial charge in [0, 0.05) is 12.8 Å². The summed E-state index contributed by atoms with van der Waals surface area (Å²) >= 11 is 0. The summed E-state index contributed by atoms with van der Waals surface area (Å²) in [6.45, 7) is 5.93. The molecular weight excluding hydrogens is 186 g/mol. The van der Waals surface area contributed by atoms with Crippen LogP contribution in [-0.4, -0.2) is 18.9 Å². The van der Waals surface area contributed by atoms with Crippen LogP contribution in [0.3, 0.4) is 0 Å². The van der Waals surface area contributed by atoms with Crippen LogP contribution in [0.25, 0.3) is 0 Å². The van der Waals surface area contributed by atoms with Crippen molar-refractivity contribution in [2.24, 2.45) is 5.92 Å². The molecule has 15 heavy (non-hydrogen) atoms. The highest BCUT2D eigenvalue weighted by molar-refractivity contribution is 5.78. The van der Waals surface area contributed by atoms with Gasteiger partial charge in [0.25, 0.3) is 0 Å². The zero-order valence-corrected chi connectivity index (χ0v) is 9.63. The van der Waals surface area contributed by atoms with Gasteiger partial charge in [-0.05, 0) is 51.1 Å². The lowest BCUT2D eigenvalue weighted by atomic mass is 9.91. The summed E-state index contributed by atoms with van der Waals surface area (Å²) < 4.78 is 0. The van der Waals surface area contributed by atoms with E-state index in [9.17, 15) is 4.79 Å². The van der Waals surface area contributed by atoms with Crippen LogP contribution in [0, 0.1) is 5.92 Å². The molecule has 2 nitrogen and oxygen atoms in total. The van der Waals surface area contributed by atoms with Gasteiger partial charge in [-0.2, -0.15) is 0 Å². The van der Waals surface area contributed by atoms with Crippen LogP contribution in [0.4, 0.5) is 0 Å². The van der Waals surface area contributed by atoms with Gasteiger partial charge in [0.2, 0.25) is 0 Å². The van der Waals surface area contributed by atoms with Crippen molar-refractivity contribution >= 4 is 5.78 Å². The summed E-state index contributed by atoms with van der Waals surface area (Å²) in [4.78, 5) is 11.5. The molecule has 1 aliphatic heterocycles. The van der Waals surface area contributed by atoms with E-state index in [2.05, 4.69) is 11.9 Å². The van der Waals surface area contributed by atoms with Crippen molar-refractivity contribution < 1.29 is 4.79 Å². The number of hydrogen-bond acceptors (Lipinski definition) is 2. The fraction of sp³-hybridized carbons (Fsp3) is 0.769. The number of nitrogens with one attached hydrogen (secondary N) is 1. The minimum atomic E-state index is 0.440. The number of allylic oxidation sites excluding steroid dienone is 1. The quantitative estimate of drug-likeness (QED) is 0.516. The highest BCUT2D eigenvalue weighted by Crippen LogP contribution is 2.18. The molecule has 1 N–H and O–H groups in total. The van der Waals surface area contributed by atoms with Gasteiger partial charge < -0.3 is 5.32 Å². The van der Waals surface area contributed by atoms with E-state index in [4.69, 9.17) is 0 Å². The van der Waals surface area contributed by atoms with E-state index < -0.39 is 0 Å². The lowest BCUT2D eigenvalue weighted by molar-refractivity contribution is -0.119. The fourth-order valence-corrected chi connectivity index (χ4v) is 2.10. The first-order valence-corrected chi connectivity index (χ1v) is 6.16. The van der Waals surface area contributed by atoms with Crippen LogP contribution in [0.15, 0.2) is 12.7 Å². The number of carbonyl (C=O) groups excluding carboxylic acids is 1. The van der Waals surface area contributed by atoms with Crippen molar-refractivity contribution in [3.05, 3.63) is 12.7 Å². The van der Waals surface area contributed by atoms with Crippen LogP contribution in [0.5, 0.6) is 0 Å². The molecule has 1 rings (SSSR count). The Morgan fingerprint density at radius 2 is 2.07 bits per heavy atom. The lowest BCUT2D eigenvalue weighted by Crippen LogP contribution is -2.27. The molecule has 1 fully saturated rings. The van der Waals surface area contributed by atoms with E-state index in [0.717, 1.165) is 51.1 Å². The van der Waals surface area contributed by atoms with E-state index >= 15 is 0 Å². The van der Waals surface area contributed by atoms with E-state index in [1.54, 1.807) is 0 Å². The molecule has 0 atom stereocenters. The van der Waals surface area contributed by atoms with Gasteiger partial charge in [0.05, 0.1) is 0 Å². The molecule has 0 radical (unpaired) electrons. The summed E-state index contributed by atoms with van der Waals surface area (Å²) in [6.07, 6.45) is 8.99. The van der Waals surface area contributed by atoms with Crippen molar-refractivity contribution in [2.75, 3.05) is 13.1 Å². The third-order valence-corrected chi connectivity index (χ3v) is 3.15. The maximum Gasteiger partial charge on any atom is 0.132 e. The molecule has 0 saturated carbocycles. The lowest BCUT2D eigenvalue weighted by Gasteiger charge is -2.22. The van der Waals surface area contributed by atoms with Crippen LogP contribution in [-0.2, 0) is 4.79 Å². The number of ketones is 1. The van der Waals surface area contributed by atoms with Crippen molar-refractivity contribution in [1.82, 2.24) is 5.32 Å². The number of Topliss-reactive ketones (excluding diaryl/α,β-unsaturated/α-hetero) is 1. The molecule has 0 spiro atoms. The molecular formula is C13H23NO. The Balaban J connectivity index is 2.02. The van der Waals surface area contributed by atoms with Crippen molar-refractivity contribution in [2.45, 2.75) is 44.9 Å². The molecule has 0 aromatic carbocycles. The molecule has 0 amide bonds. The second-order valence-electron chi connectivity index (χ2n) is 4.45. The van der Waals surface area contributed by atoms with Gasteiger partial charge in [-0.3, -0.25) is 4.79 Å². The largest absolute Gasteiger partial charge is 0.317 e. The number of hydrogen-bond donors (Lipinski definition) is 1. The third-order valence-electron chi connectivity index (χ3n) is 3.15. The Bertz CT molecular complexity index is 195. The van der Waals surface area contributed by atoms with E-state index in [1.807, 2.05) is 6.08 Å². The van der Waals surface area contributed by atoms with Crippen LogP contribution >= 0.6 is 0 Å². The van der Waals surface area contributed by atoms with E-state index in [-0.39, 0.29) is 0 Å². The van der Waals surface area contributed by atoms with Gasteiger partial charge >= 0.3 is 0 Å². The van der Waals surface area contributed by atoms with E-state index in [1.165, 1.54) is 12.8 Å². The summed E-state index contributed by atoms with van der Waals surface area (Å²) in [6, 6.07) is 0. The van der Waals surface area contributed by atoms with Gasteiger partial charge in [0.15, 0.2) is 0 Å². The number of carbonyl (C=O) groups is 1. The third kappa shape index (κ3) is 5.73. The molecule has 1 heterocycles. The van der Waals surface area contributed by atoms with Crippen molar-refractivity contribution in [3.8, 4) is 0 Å². The molecule has 0 bridgehead atoms. The first-order valence-electron chi connectivity index (χ1n) is 6.16. The second kappa shape index (κ2) is 7.63. The smallest absolute Gasteiger partial charge is 0.132 e. The minimum absolute atomic E-state index is 0.440. The van der Waals surface area contributed by atoms with E-state index in [0.29, 0.717) is 5.78 Å². The first kappa shape index (κ1) is 12.4. The Kier molecular flexibility index (Phi) is 6.33. The van der Waals surface area contributed by atoms with Gasteiger partial charge in [0.1, 0.15) is 5.78 Å². The Morgan fingerprint density at radius 1 is 1.33 bits per heavy atom. The maximum atomic E-state index is 11.5. The van der Waals surface area contributed by atoms with Crippen LogP contribution < -0.4 is 5.32 Å². The molecule has 2 heteroatoms. The van der Waals surface area contributed by atoms with Gasteiger partial charge in [-0.15, -0.1) is 6.58 Å². The molecule has 0 aliphatic carbocycles. The normalized spacial score (nSPS) is 17.6. The Labute approximate surface area is 93.1 Å². The molecule has 86 valence electrons. The Hall–Kier alpha value is -0.630. The number of unbranched alkanes of at least 4 members (excludes halogenated alkanes) is 1. The molecule has 1 saturated heterocycles. The molecule has 0 unspecified atom stereocenters. The van der Waals surface area contributed by atoms with Crippen molar-refractivity contribution in [1.29, 1.82) is 0 Å². The predicted molar refractivity (Wildman–Crippen MR) is 63.9 cm³/mol. The first-order chi connectivity index (χ1) is 7.33. The predicted octanol–water partition coefficient (Wildman–Crippen LogP) is 2.69. The Morgan fingerprint density at radius 3 is 2.73 bits per heavy atom. The highest BCUT2D eigenvalue weighted by Gasteiger charge is 2.13. The zero-order valence-electron chi connectivity index (χ0n) is 9.63. The molecule has 0 aromatic heterocycles. The topological polar surface area (TPSA) is 29.1 Å². The average Bonchev–Trinajstić information content (AvgIpc) is 2.28. The molecule has 1 aliphatic rings. The fourth-order valence-electron chi connectivity index (χ4n) is 2.10. The molecule has 0 aromatic rings. The summed E-state index contributed by atoms with van der Waals surface area (Å²) in [5.74, 6) is 1.23. The standard InChI is InChI=1S/C13H23NO/c1-2-3-4-5-13(15)7-6-12-8-10-14-11-9-12/h2,12,14H,1,3-11H2. The second-order valence-corrected chi connectivity index (χ2v) is 4.45. The zero-order chi connectivity index (χ0) is 10.9. The average molecular weight is 209 g/mol. The van der Waals surface area contributed by atoms with Crippen LogP contribution in [0.2, 0.25) is 0 Å². The maximum absolute atomic E-state index is 11.5. The summed E-state index contributed by atoms with van der Waals surface area (Å²) in [5.41, 5.74) is 0. The van der Waals surface area contributed by atoms with Crippen molar-refractivity contribution in [3.63, 3.8) is 0 Å².